The first-order valence-corrected chi connectivity index (χ1v) is 7.34. The monoisotopic (exact) mass is 272 g/mol. The van der Waals surface area contributed by atoms with Crippen LogP contribution < -0.4 is 4.72 Å². The van der Waals surface area contributed by atoms with Crippen LogP contribution in [0.3, 0.4) is 0 Å². The Bertz CT molecular complexity index is 548. The van der Waals surface area contributed by atoms with Crippen LogP contribution >= 0.6 is 11.3 Å². The summed E-state index contributed by atoms with van der Waals surface area (Å²) in [5.74, 6) is 0.0488. The van der Waals surface area contributed by atoms with Gasteiger partial charge in [-0.05, 0) is 6.07 Å². The van der Waals surface area contributed by atoms with Crippen molar-refractivity contribution < 1.29 is 8.42 Å². The average Bonchev–Trinajstić information content (AvgIpc) is 2.97. The fourth-order valence-corrected chi connectivity index (χ4v) is 3.01. The zero-order valence-electron chi connectivity index (χ0n) is 9.12. The number of H-pyrrole nitrogens is 1. The summed E-state index contributed by atoms with van der Waals surface area (Å²) in [4.78, 5) is 4.14. The molecule has 2 aromatic heterocycles. The third-order valence-corrected chi connectivity index (χ3v) is 4.58. The van der Waals surface area contributed by atoms with E-state index in [1.54, 1.807) is 6.20 Å². The van der Waals surface area contributed by atoms with E-state index in [0.29, 0.717) is 6.54 Å². The van der Waals surface area contributed by atoms with Gasteiger partial charge in [-0.1, -0.05) is 6.92 Å². The predicted octanol–water partition coefficient (Wildman–Crippen LogP) is 0.948. The number of nitrogens with zero attached hydrogens (tertiary/aromatic N) is 2. The van der Waals surface area contributed by atoms with E-state index in [1.165, 1.54) is 23.6 Å². The van der Waals surface area contributed by atoms with Crippen LogP contribution in [0, 0.1) is 0 Å². The van der Waals surface area contributed by atoms with Gasteiger partial charge in [0.2, 0.25) is 0 Å². The molecule has 0 bridgehead atoms. The number of aromatic amines is 1. The summed E-state index contributed by atoms with van der Waals surface area (Å²) in [6, 6.07) is 1.41. The van der Waals surface area contributed by atoms with E-state index in [-0.39, 0.29) is 10.9 Å². The molecule has 0 radical (unpaired) electrons. The fraction of sp³-hybridized carbons (Fsp3) is 0.333. The lowest BCUT2D eigenvalue weighted by Crippen LogP contribution is -2.28. The molecule has 0 saturated heterocycles. The molecule has 8 heteroatoms. The molecule has 6 nitrogen and oxygen atoms in total. The highest BCUT2D eigenvalue weighted by Crippen LogP contribution is 2.17. The SMILES string of the molecule is CC(CNS(=O)(=O)c1ccn[nH]1)c1nccs1. The van der Waals surface area contributed by atoms with Crippen molar-refractivity contribution in [2.24, 2.45) is 0 Å². The second kappa shape index (κ2) is 4.94. The average molecular weight is 272 g/mol. The standard InChI is InChI=1S/C9H12N4O2S2/c1-7(9-10-4-5-16-9)6-12-17(14,15)8-2-3-11-13-8/h2-5,7,12H,6H2,1H3,(H,11,13). The zero-order valence-corrected chi connectivity index (χ0v) is 10.8. The molecule has 1 unspecified atom stereocenters. The number of thiazole rings is 1. The maximum atomic E-state index is 11.8. The van der Waals surface area contributed by atoms with E-state index in [2.05, 4.69) is 19.9 Å². The minimum Gasteiger partial charge on any atom is -0.266 e. The van der Waals surface area contributed by atoms with Crippen LogP contribution in [0.25, 0.3) is 0 Å². The summed E-state index contributed by atoms with van der Waals surface area (Å²) in [7, 11) is -3.49. The molecule has 2 rings (SSSR count). The number of nitrogens with one attached hydrogen (secondary N) is 2. The molecule has 0 aliphatic heterocycles. The largest absolute Gasteiger partial charge is 0.266 e. The number of sulfonamides is 1. The molecule has 0 spiro atoms. The summed E-state index contributed by atoms with van der Waals surface area (Å²) >= 11 is 1.51. The van der Waals surface area contributed by atoms with Gasteiger partial charge in [-0.25, -0.2) is 18.1 Å². The summed E-state index contributed by atoms with van der Waals surface area (Å²) in [6.45, 7) is 2.24. The first-order valence-electron chi connectivity index (χ1n) is 4.98. The highest BCUT2D eigenvalue weighted by atomic mass is 32.2. The van der Waals surface area contributed by atoms with Gasteiger partial charge in [0.05, 0.1) is 11.2 Å². The lowest BCUT2D eigenvalue weighted by atomic mass is 10.2. The normalized spacial score (nSPS) is 13.7. The Labute approximate surface area is 103 Å². The number of hydrogen-bond donors (Lipinski definition) is 2. The molecule has 0 amide bonds. The summed E-state index contributed by atoms with van der Waals surface area (Å²) in [5.41, 5.74) is 0. The molecule has 2 aromatic rings. The van der Waals surface area contributed by atoms with Gasteiger partial charge in [0, 0.05) is 24.0 Å². The highest BCUT2D eigenvalue weighted by molar-refractivity contribution is 7.89. The van der Waals surface area contributed by atoms with E-state index in [0.717, 1.165) is 5.01 Å². The van der Waals surface area contributed by atoms with E-state index >= 15 is 0 Å². The van der Waals surface area contributed by atoms with Gasteiger partial charge in [-0.2, -0.15) is 5.10 Å². The molecule has 0 aromatic carbocycles. The van der Waals surface area contributed by atoms with Crippen LogP contribution in [0.15, 0.2) is 28.9 Å². The van der Waals surface area contributed by atoms with Gasteiger partial charge < -0.3 is 0 Å². The smallest absolute Gasteiger partial charge is 0.257 e. The minimum absolute atomic E-state index is 0.0488. The highest BCUT2D eigenvalue weighted by Gasteiger charge is 2.17. The van der Waals surface area contributed by atoms with Crippen LogP contribution in [0.2, 0.25) is 0 Å². The summed E-state index contributed by atoms with van der Waals surface area (Å²) < 4.78 is 26.1. The Balaban J connectivity index is 1.99. The van der Waals surface area contributed by atoms with Gasteiger partial charge in [-0.3, -0.25) is 5.10 Å². The van der Waals surface area contributed by atoms with Crippen molar-refractivity contribution in [3.63, 3.8) is 0 Å². The second-order valence-electron chi connectivity index (χ2n) is 3.54. The molecule has 2 N–H and O–H groups in total. The van der Waals surface area contributed by atoms with Crippen LogP contribution in [0.5, 0.6) is 0 Å². The third kappa shape index (κ3) is 2.90. The Morgan fingerprint density at radius 1 is 1.53 bits per heavy atom. The third-order valence-electron chi connectivity index (χ3n) is 2.22. The molecule has 0 aliphatic rings. The molecular formula is C9H12N4O2S2. The Morgan fingerprint density at radius 3 is 2.94 bits per heavy atom. The number of hydrogen-bond acceptors (Lipinski definition) is 5. The Hall–Kier alpha value is -1.25. The lowest BCUT2D eigenvalue weighted by molar-refractivity contribution is 0.570. The maximum Gasteiger partial charge on any atom is 0.257 e. The van der Waals surface area contributed by atoms with Crippen molar-refractivity contribution in [3.8, 4) is 0 Å². The first kappa shape index (κ1) is 12.2. The number of aromatic nitrogens is 3. The van der Waals surface area contributed by atoms with Crippen molar-refractivity contribution in [3.05, 3.63) is 28.8 Å². The molecule has 0 fully saturated rings. The van der Waals surface area contributed by atoms with E-state index in [1.807, 2.05) is 12.3 Å². The van der Waals surface area contributed by atoms with Gasteiger partial charge in [0.25, 0.3) is 10.0 Å². The lowest BCUT2D eigenvalue weighted by Gasteiger charge is -2.09. The molecule has 2 heterocycles. The molecule has 17 heavy (non-hydrogen) atoms. The zero-order chi connectivity index (χ0) is 12.3. The summed E-state index contributed by atoms with van der Waals surface area (Å²) in [6.07, 6.45) is 3.11. The Kier molecular flexibility index (Phi) is 3.55. The van der Waals surface area contributed by atoms with Crippen molar-refractivity contribution >= 4 is 21.4 Å². The van der Waals surface area contributed by atoms with Gasteiger partial charge in [-0.15, -0.1) is 11.3 Å². The molecule has 0 saturated carbocycles. The van der Waals surface area contributed by atoms with Crippen LogP contribution in [-0.2, 0) is 10.0 Å². The Morgan fingerprint density at radius 2 is 2.35 bits per heavy atom. The first-order chi connectivity index (χ1) is 8.09. The van der Waals surface area contributed by atoms with Gasteiger partial charge >= 0.3 is 0 Å². The van der Waals surface area contributed by atoms with Crippen LogP contribution in [0.1, 0.15) is 17.8 Å². The van der Waals surface area contributed by atoms with E-state index in [4.69, 9.17) is 0 Å². The predicted molar refractivity (Wildman–Crippen MR) is 64.3 cm³/mol. The van der Waals surface area contributed by atoms with Crippen LogP contribution in [-0.4, -0.2) is 30.1 Å². The molecule has 0 aliphatic carbocycles. The minimum atomic E-state index is -3.49. The quantitative estimate of drug-likeness (QED) is 0.848. The van der Waals surface area contributed by atoms with Gasteiger partial charge in [0.15, 0.2) is 5.03 Å². The van der Waals surface area contributed by atoms with Crippen molar-refractivity contribution in [1.29, 1.82) is 0 Å². The topological polar surface area (TPSA) is 87.7 Å². The fourth-order valence-electron chi connectivity index (χ4n) is 1.27. The van der Waals surface area contributed by atoms with Crippen molar-refractivity contribution in [2.45, 2.75) is 17.9 Å². The molecular weight excluding hydrogens is 260 g/mol. The molecule has 92 valence electrons. The summed E-state index contributed by atoms with van der Waals surface area (Å²) in [5, 5.41) is 8.89. The van der Waals surface area contributed by atoms with Crippen molar-refractivity contribution in [1.82, 2.24) is 19.9 Å². The van der Waals surface area contributed by atoms with Crippen LogP contribution in [0.4, 0.5) is 0 Å². The van der Waals surface area contributed by atoms with E-state index in [9.17, 15) is 8.42 Å². The maximum absolute atomic E-state index is 11.8. The van der Waals surface area contributed by atoms with Crippen molar-refractivity contribution in [2.75, 3.05) is 6.54 Å². The van der Waals surface area contributed by atoms with E-state index < -0.39 is 10.0 Å². The van der Waals surface area contributed by atoms with Gasteiger partial charge in [0.1, 0.15) is 0 Å². The molecule has 1 atom stereocenters. The second-order valence-corrected chi connectivity index (χ2v) is 6.21. The number of rotatable bonds is 5.